The number of nitrogens with zero attached hydrogens (tertiary/aromatic N) is 1. The van der Waals surface area contributed by atoms with Crippen LogP contribution in [-0.4, -0.2) is 31.1 Å². The van der Waals surface area contributed by atoms with Gasteiger partial charge in [0.05, 0.1) is 0 Å². The number of halogens is 1. The molecule has 3 aromatic rings. The lowest BCUT2D eigenvalue weighted by molar-refractivity contribution is 0.183. The Hall–Kier alpha value is -2.04. The molecule has 0 aliphatic carbocycles. The molecule has 0 atom stereocenters. The van der Waals surface area contributed by atoms with Gasteiger partial charge < -0.3 is 9.47 Å². The highest BCUT2D eigenvalue weighted by atomic mass is 79.9. The molecule has 28 heavy (non-hydrogen) atoms. The Kier molecular flexibility index (Phi) is 6.50. The van der Waals surface area contributed by atoms with Gasteiger partial charge in [0.15, 0.2) is 0 Å². The Morgan fingerprint density at radius 1 is 0.786 bits per heavy atom. The largest absolute Gasteiger partial charge is 0.492 e. The first-order chi connectivity index (χ1) is 13.8. The van der Waals surface area contributed by atoms with Crippen molar-refractivity contribution in [3.05, 3.63) is 70.7 Å². The molecule has 1 fully saturated rings. The van der Waals surface area contributed by atoms with Gasteiger partial charge in [-0.05, 0) is 61.1 Å². The van der Waals surface area contributed by atoms with E-state index in [9.17, 15) is 0 Å². The van der Waals surface area contributed by atoms with Gasteiger partial charge in [-0.25, -0.2) is 0 Å². The van der Waals surface area contributed by atoms with Crippen molar-refractivity contribution >= 4 is 26.7 Å². The standard InChI is InChI=1S/C24H26BrNO2/c25-23-12-13-24(22-7-3-2-6-21(22)23)28-18-19-8-10-20(11-9-19)27-17-16-26-14-4-1-5-15-26/h2-3,6-13H,1,4-5,14-18H2. The molecule has 1 heterocycles. The van der Waals surface area contributed by atoms with Crippen LogP contribution in [0.3, 0.4) is 0 Å². The number of hydrogen-bond donors (Lipinski definition) is 0. The fourth-order valence-electron chi connectivity index (χ4n) is 3.68. The van der Waals surface area contributed by atoms with Crippen molar-refractivity contribution in [3.8, 4) is 11.5 Å². The van der Waals surface area contributed by atoms with Crippen LogP contribution in [0.5, 0.6) is 11.5 Å². The Morgan fingerprint density at radius 3 is 2.32 bits per heavy atom. The molecule has 4 heteroatoms. The van der Waals surface area contributed by atoms with E-state index < -0.39 is 0 Å². The summed E-state index contributed by atoms with van der Waals surface area (Å²) in [6, 6.07) is 20.6. The minimum atomic E-state index is 0.541. The lowest BCUT2D eigenvalue weighted by Crippen LogP contribution is -2.33. The molecular weight excluding hydrogens is 414 g/mol. The highest BCUT2D eigenvalue weighted by Gasteiger charge is 2.09. The zero-order valence-corrected chi connectivity index (χ0v) is 17.7. The third-order valence-corrected chi connectivity index (χ3v) is 5.96. The lowest BCUT2D eigenvalue weighted by atomic mass is 10.1. The molecule has 0 amide bonds. The van der Waals surface area contributed by atoms with Gasteiger partial charge in [-0.2, -0.15) is 0 Å². The van der Waals surface area contributed by atoms with Crippen molar-refractivity contribution in [1.82, 2.24) is 4.90 Å². The van der Waals surface area contributed by atoms with Crippen molar-refractivity contribution in [1.29, 1.82) is 0 Å². The molecule has 1 saturated heterocycles. The summed E-state index contributed by atoms with van der Waals surface area (Å²) in [6.45, 7) is 4.73. The van der Waals surface area contributed by atoms with Gasteiger partial charge in [0.1, 0.15) is 24.7 Å². The van der Waals surface area contributed by atoms with Crippen LogP contribution in [-0.2, 0) is 6.61 Å². The van der Waals surface area contributed by atoms with E-state index >= 15 is 0 Å². The zero-order chi connectivity index (χ0) is 19.2. The Labute approximate surface area is 175 Å². The normalized spacial score (nSPS) is 14.9. The second kappa shape index (κ2) is 9.44. The number of hydrogen-bond acceptors (Lipinski definition) is 3. The third-order valence-electron chi connectivity index (χ3n) is 5.27. The summed E-state index contributed by atoms with van der Waals surface area (Å²) in [6.07, 6.45) is 4.02. The van der Waals surface area contributed by atoms with Crippen LogP contribution in [0.1, 0.15) is 24.8 Å². The van der Waals surface area contributed by atoms with E-state index in [0.717, 1.165) is 45.5 Å². The number of ether oxygens (including phenoxy) is 2. The van der Waals surface area contributed by atoms with Gasteiger partial charge in [0.25, 0.3) is 0 Å². The molecular formula is C24H26BrNO2. The van der Waals surface area contributed by atoms with E-state index in [2.05, 4.69) is 45.1 Å². The molecule has 0 radical (unpaired) electrons. The first kappa shape index (κ1) is 19.3. The summed E-state index contributed by atoms with van der Waals surface area (Å²) < 4.78 is 13.1. The van der Waals surface area contributed by atoms with Crippen LogP contribution in [0.15, 0.2) is 65.1 Å². The van der Waals surface area contributed by atoms with E-state index in [-0.39, 0.29) is 0 Å². The van der Waals surface area contributed by atoms with Crippen molar-refractivity contribution < 1.29 is 9.47 Å². The predicted octanol–water partition coefficient (Wildman–Crippen LogP) is 6.05. The number of fused-ring (bicyclic) bond motifs is 1. The van der Waals surface area contributed by atoms with Crippen LogP contribution in [0.25, 0.3) is 10.8 Å². The maximum atomic E-state index is 6.09. The number of benzene rings is 3. The summed E-state index contributed by atoms with van der Waals surface area (Å²) in [5.41, 5.74) is 1.13. The van der Waals surface area contributed by atoms with Crippen LogP contribution < -0.4 is 9.47 Å². The second-order valence-electron chi connectivity index (χ2n) is 7.27. The highest BCUT2D eigenvalue weighted by Crippen LogP contribution is 2.32. The smallest absolute Gasteiger partial charge is 0.127 e. The van der Waals surface area contributed by atoms with Gasteiger partial charge in [0.2, 0.25) is 0 Å². The molecule has 0 aromatic heterocycles. The molecule has 1 aliphatic rings. The first-order valence-electron chi connectivity index (χ1n) is 10.0. The van der Waals surface area contributed by atoms with Crippen LogP contribution in [0.4, 0.5) is 0 Å². The molecule has 0 N–H and O–H groups in total. The van der Waals surface area contributed by atoms with Crippen LogP contribution >= 0.6 is 15.9 Å². The van der Waals surface area contributed by atoms with Crippen molar-refractivity contribution in [3.63, 3.8) is 0 Å². The molecule has 0 spiro atoms. The lowest BCUT2D eigenvalue weighted by Gasteiger charge is -2.26. The SMILES string of the molecule is Brc1ccc(OCc2ccc(OCCN3CCCCC3)cc2)c2ccccc12. The van der Waals surface area contributed by atoms with Crippen molar-refractivity contribution in [2.75, 3.05) is 26.2 Å². The summed E-state index contributed by atoms with van der Waals surface area (Å²) in [4.78, 5) is 2.49. The second-order valence-corrected chi connectivity index (χ2v) is 8.13. The van der Waals surface area contributed by atoms with Gasteiger partial charge in [-0.1, -0.05) is 58.7 Å². The quantitative estimate of drug-likeness (QED) is 0.447. The van der Waals surface area contributed by atoms with E-state index in [4.69, 9.17) is 9.47 Å². The zero-order valence-electron chi connectivity index (χ0n) is 16.1. The number of rotatable bonds is 7. The monoisotopic (exact) mass is 439 g/mol. The molecule has 3 aromatic carbocycles. The predicted molar refractivity (Wildman–Crippen MR) is 118 cm³/mol. The maximum absolute atomic E-state index is 6.09. The highest BCUT2D eigenvalue weighted by molar-refractivity contribution is 9.10. The molecule has 1 aliphatic heterocycles. The summed E-state index contributed by atoms with van der Waals surface area (Å²) in [7, 11) is 0. The van der Waals surface area contributed by atoms with Gasteiger partial charge in [0, 0.05) is 16.4 Å². The van der Waals surface area contributed by atoms with Gasteiger partial charge in [-0.3, -0.25) is 4.90 Å². The average molecular weight is 440 g/mol. The number of likely N-dealkylation sites (tertiary alicyclic amines) is 1. The Bertz CT molecular complexity index is 904. The molecule has 0 bridgehead atoms. The van der Waals surface area contributed by atoms with E-state index in [1.807, 2.05) is 36.4 Å². The fraction of sp³-hybridized carbons (Fsp3) is 0.333. The molecule has 4 rings (SSSR count). The van der Waals surface area contributed by atoms with E-state index in [0.29, 0.717) is 6.61 Å². The molecule has 0 saturated carbocycles. The summed E-state index contributed by atoms with van der Waals surface area (Å²) in [5.74, 6) is 1.83. The van der Waals surface area contributed by atoms with Crippen LogP contribution in [0, 0.1) is 0 Å². The first-order valence-corrected chi connectivity index (χ1v) is 10.8. The Balaban J connectivity index is 1.31. The van der Waals surface area contributed by atoms with E-state index in [1.165, 1.54) is 32.4 Å². The topological polar surface area (TPSA) is 21.7 Å². The molecule has 146 valence electrons. The minimum absolute atomic E-state index is 0.541. The maximum Gasteiger partial charge on any atom is 0.127 e. The van der Waals surface area contributed by atoms with E-state index in [1.54, 1.807) is 0 Å². The number of piperidine rings is 1. The van der Waals surface area contributed by atoms with Crippen LogP contribution in [0.2, 0.25) is 0 Å². The minimum Gasteiger partial charge on any atom is -0.492 e. The molecule has 3 nitrogen and oxygen atoms in total. The summed E-state index contributed by atoms with van der Waals surface area (Å²) in [5, 5.41) is 2.28. The Morgan fingerprint density at radius 2 is 1.54 bits per heavy atom. The molecule has 0 unspecified atom stereocenters. The van der Waals surface area contributed by atoms with Crippen molar-refractivity contribution in [2.45, 2.75) is 25.9 Å². The fourth-order valence-corrected chi connectivity index (χ4v) is 4.16. The van der Waals surface area contributed by atoms with Gasteiger partial charge in [-0.15, -0.1) is 0 Å². The average Bonchev–Trinajstić information content (AvgIpc) is 2.75. The summed E-state index contributed by atoms with van der Waals surface area (Å²) >= 11 is 3.61. The third kappa shape index (κ3) is 4.86. The van der Waals surface area contributed by atoms with Crippen molar-refractivity contribution in [2.24, 2.45) is 0 Å². The van der Waals surface area contributed by atoms with Gasteiger partial charge >= 0.3 is 0 Å².